The minimum Gasteiger partial charge on any atom is -0.507 e. The molecule has 0 unspecified atom stereocenters. The lowest BCUT2D eigenvalue weighted by Gasteiger charge is -2.31. The number of hydrogen-bond donors (Lipinski definition) is 2. The summed E-state index contributed by atoms with van der Waals surface area (Å²) in [4.78, 5) is 1.04. The molecule has 0 saturated carbocycles. The maximum absolute atomic E-state index is 10.7. The van der Waals surface area contributed by atoms with Gasteiger partial charge in [-0.2, -0.15) is 0 Å². The largest absolute Gasteiger partial charge is 0.507 e. The van der Waals surface area contributed by atoms with Crippen molar-refractivity contribution in [3.05, 3.63) is 138 Å². The monoisotopic (exact) mass is 474 g/mol. The number of phenolic OH excluding ortho intramolecular Hbond substituents is 2. The highest BCUT2D eigenvalue weighted by atomic mass is 32.2. The minimum atomic E-state index is -0.921. The molecular weight excluding hydrogens is 452 g/mol. The van der Waals surface area contributed by atoms with Crippen molar-refractivity contribution in [1.29, 1.82) is 0 Å². The van der Waals surface area contributed by atoms with Gasteiger partial charge in [-0.1, -0.05) is 91.0 Å². The SMILES string of the molecule is Oc1ccc(C2(c3ccc(O)c(-c4ccccc4)c3)OSc3ccccc32)cc1-c1ccccc1. The molecule has 1 aliphatic heterocycles. The predicted molar refractivity (Wildman–Crippen MR) is 140 cm³/mol. The molecule has 0 aromatic heterocycles. The molecular formula is C31H22O3S. The lowest BCUT2D eigenvalue weighted by atomic mass is 9.78. The lowest BCUT2D eigenvalue weighted by molar-refractivity contribution is 0.205. The van der Waals surface area contributed by atoms with Gasteiger partial charge in [0.2, 0.25) is 0 Å². The maximum atomic E-state index is 10.7. The van der Waals surface area contributed by atoms with Crippen LogP contribution in [-0.4, -0.2) is 10.2 Å². The summed E-state index contributed by atoms with van der Waals surface area (Å²) < 4.78 is 6.60. The third-order valence-corrected chi connectivity index (χ3v) is 7.37. The van der Waals surface area contributed by atoms with Gasteiger partial charge in [-0.3, -0.25) is 4.18 Å². The Morgan fingerprint density at radius 2 is 1.03 bits per heavy atom. The zero-order valence-corrected chi connectivity index (χ0v) is 19.6. The van der Waals surface area contributed by atoms with E-state index in [-0.39, 0.29) is 11.5 Å². The molecule has 4 heteroatoms. The number of fused-ring (bicyclic) bond motifs is 1. The summed E-state index contributed by atoms with van der Waals surface area (Å²) >= 11 is 1.35. The molecule has 35 heavy (non-hydrogen) atoms. The van der Waals surface area contributed by atoms with Crippen molar-refractivity contribution >= 4 is 12.0 Å². The van der Waals surface area contributed by atoms with Gasteiger partial charge in [0, 0.05) is 33.6 Å². The molecule has 0 radical (unpaired) electrons. The fourth-order valence-corrected chi connectivity index (χ4v) is 5.70. The zero-order valence-electron chi connectivity index (χ0n) is 18.8. The second-order valence-electron chi connectivity index (χ2n) is 8.54. The number of hydrogen-bond acceptors (Lipinski definition) is 4. The van der Waals surface area contributed by atoms with Crippen LogP contribution in [0.3, 0.4) is 0 Å². The zero-order chi connectivity index (χ0) is 23.8. The van der Waals surface area contributed by atoms with Crippen LogP contribution in [0.4, 0.5) is 0 Å². The van der Waals surface area contributed by atoms with Crippen LogP contribution in [0.2, 0.25) is 0 Å². The van der Waals surface area contributed by atoms with E-state index in [1.807, 2.05) is 97.1 Å². The van der Waals surface area contributed by atoms with Gasteiger partial charge in [-0.05, 0) is 52.6 Å². The second-order valence-corrected chi connectivity index (χ2v) is 9.31. The predicted octanol–water partition coefficient (Wildman–Crippen LogP) is 7.76. The van der Waals surface area contributed by atoms with Crippen molar-refractivity contribution < 1.29 is 14.4 Å². The van der Waals surface area contributed by atoms with E-state index in [1.165, 1.54) is 12.0 Å². The number of aromatic hydroxyl groups is 2. The molecule has 0 saturated heterocycles. The van der Waals surface area contributed by atoms with E-state index >= 15 is 0 Å². The van der Waals surface area contributed by atoms with E-state index in [1.54, 1.807) is 12.1 Å². The first kappa shape index (κ1) is 21.5. The van der Waals surface area contributed by atoms with Crippen LogP contribution in [0.5, 0.6) is 11.5 Å². The highest BCUT2D eigenvalue weighted by Gasteiger charge is 2.45. The second kappa shape index (κ2) is 8.66. The average Bonchev–Trinajstić information content (AvgIpc) is 3.31. The van der Waals surface area contributed by atoms with E-state index in [0.29, 0.717) is 0 Å². The molecule has 2 N–H and O–H groups in total. The first-order valence-electron chi connectivity index (χ1n) is 11.4. The van der Waals surface area contributed by atoms with Crippen LogP contribution in [-0.2, 0) is 9.78 Å². The highest BCUT2D eigenvalue weighted by Crippen LogP contribution is 2.54. The van der Waals surface area contributed by atoms with Crippen LogP contribution in [0, 0.1) is 0 Å². The van der Waals surface area contributed by atoms with Gasteiger partial charge in [-0.25, -0.2) is 0 Å². The van der Waals surface area contributed by atoms with Gasteiger partial charge in [0.1, 0.15) is 11.5 Å². The first-order valence-corrected chi connectivity index (χ1v) is 12.1. The van der Waals surface area contributed by atoms with Crippen LogP contribution in [0.15, 0.2) is 126 Å². The molecule has 1 aliphatic rings. The molecule has 0 aliphatic carbocycles. The van der Waals surface area contributed by atoms with Crippen LogP contribution in [0.1, 0.15) is 16.7 Å². The van der Waals surface area contributed by atoms with E-state index in [0.717, 1.165) is 43.8 Å². The van der Waals surface area contributed by atoms with Crippen molar-refractivity contribution in [2.24, 2.45) is 0 Å². The Morgan fingerprint density at radius 3 is 1.57 bits per heavy atom. The molecule has 6 rings (SSSR count). The smallest absolute Gasteiger partial charge is 0.159 e. The highest BCUT2D eigenvalue weighted by molar-refractivity contribution is 7.95. The van der Waals surface area contributed by atoms with E-state index in [2.05, 4.69) is 12.1 Å². The van der Waals surface area contributed by atoms with E-state index < -0.39 is 5.60 Å². The third-order valence-electron chi connectivity index (χ3n) is 6.50. The molecule has 5 aromatic carbocycles. The molecule has 0 spiro atoms. The quantitative estimate of drug-likeness (QED) is 0.261. The van der Waals surface area contributed by atoms with Crippen LogP contribution < -0.4 is 0 Å². The summed E-state index contributed by atoms with van der Waals surface area (Å²) in [5.41, 5.74) is 5.24. The molecule has 170 valence electrons. The molecule has 0 fully saturated rings. The molecule has 0 amide bonds. The molecule has 0 bridgehead atoms. The molecule has 1 heterocycles. The summed E-state index contributed by atoms with van der Waals surface area (Å²) in [5, 5.41) is 21.5. The topological polar surface area (TPSA) is 49.7 Å². The maximum Gasteiger partial charge on any atom is 0.159 e. The Labute approximate surface area is 208 Å². The Kier molecular flexibility index (Phi) is 5.33. The lowest BCUT2D eigenvalue weighted by Crippen LogP contribution is -2.28. The Balaban J connectivity index is 1.61. The van der Waals surface area contributed by atoms with Crippen molar-refractivity contribution in [2.75, 3.05) is 0 Å². The van der Waals surface area contributed by atoms with Gasteiger partial charge in [-0.15, -0.1) is 0 Å². The van der Waals surface area contributed by atoms with Gasteiger partial charge in [0.05, 0.1) is 0 Å². The van der Waals surface area contributed by atoms with Gasteiger partial charge in [0.15, 0.2) is 5.60 Å². The summed E-state index contributed by atoms with van der Waals surface area (Å²) in [6.45, 7) is 0. The fourth-order valence-electron chi connectivity index (χ4n) is 4.76. The third kappa shape index (κ3) is 3.59. The van der Waals surface area contributed by atoms with E-state index in [9.17, 15) is 10.2 Å². The van der Waals surface area contributed by atoms with Crippen molar-refractivity contribution in [3.8, 4) is 33.8 Å². The van der Waals surface area contributed by atoms with Crippen LogP contribution in [0.25, 0.3) is 22.3 Å². The average molecular weight is 475 g/mol. The first-order chi connectivity index (χ1) is 17.2. The van der Waals surface area contributed by atoms with Crippen molar-refractivity contribution in [3.63, 3.8) is 0 Å². The van der Waals surface area contributed by atoms with Gasteiger partial charge < -0.3 is 10.2 Å². The van der Waals surface area contributed by atoms with Crippen molar-refractivity contribution in [2.45, 2.75) is 10.5 Å². The number of rotatable bonds is 4. The van der Waals surface area contributed by atoms with Crippen molar-refractivity contribution in [1.82, 2.24) is 0 Å². The Hall–Kier alpha value is -3.99. The normalized spacial score (nSPS) is 13.9. The summed E-state index contributed by atoms with van der Waals surface area (Å²) in [6.07, 6.45) is 0. The van der Waals surface area contributed by atoms with Gasteiger partial charge >= 0.3 is 0 Å². The molecule has 0 atom stereocenters. The number of benzene rings is 5. The summed E-state index contributed by atoms with van der Waals surface area (Å²) in [5.74, 6) is 0.425. The minimum absolute atomic E-state index is 0.213. The van der Waals surface area contributed by atoms with E-state index in [4.69, 9.17) is 4.18 Å². The Morgan fingerprint density at radius 1 is 0.543 bits per heavy atom. The van der Waals surface area contributed by atoms with Crippen LogP contribution >= 0.6 is 12.0 Å². The molecule has 3 nitrogen and oxygen atoms in total. The molecule has 5 aromatic rings. The number of phenols is 2. The van der Waals surface area contributed by atoms with Gasteiger partial charge in [0.25, 0.3) is 0 Å². The Bertz CT molecular complexity index is 1420. The summed E-state index contributed by atoms with van der Waals surface area (Å²) in [6, 6.07) is 39.1. The standard InChI is InChI=1S/C31H22O3S/c32-28-17-15-23(19-25(28)21-9-3-1-4-10-21)31(27-13-7-8-14-30(27)35-34-31)24-16-18-29(33)26(20-24)22-11-5-2-6-12-22/h1-20,32-33H. The summed E-state index contributed by atoms with van der Waals surface area (Å²) in [7, 11) is 0. The fraction of sp³-hybridized carbons (Fsp3) is 0.0323.